The maximum absolute atomic E-state index is 12.5. The minimum absolute atomic E-state index is 0.0691. The Morgan fingerprint density at radius 1 is 0.767 bits per heavy atom. The van der Waals surface area contributed by atoms with Crippen LogP contribution in [0.1, 0.15) is 10.4 Å². The van der Waals surface area contributed by atoms with Gasteiger partial charge in [-0.2, -0.15) is 23.8 Å². The first-order chi connectivity index (χ1) is 20.6. The second-order valence-corrected chi connectivity index (χ2v) is 10.4. The zero-order valence-electron chi connectivity index (χ0n) is 21.9. The molecule has 3 N–H and O–H groups in total. The van der Waals surface area contributed by atoms with E-state index in [2.05, 4.69) is 25.8 Å². The van der Waals surface area contributed by atoms with E-state index in [1.54, 1.807) is 42.5 Å². The maximum atomic E-state index is 12.5. The standard InChI is InChI=1S/C29H20N6O7S/c36-28-25-15-12-23(30-29(37)18-4-2-1-3-5-18)16-19(25)17-26(43(40,41)42)27(28)34-33-21-8-6-20(7-9-21)31-32-22-10-13-24(14-11-22)35(38)39/h1-17,36H,(H,30,37)(H,40,41,42). The summed E-state index contributed by atoms with van der Waals surface area (Å²) in [6.07, 6.45) is 0. The van der Waals surface area contributed by atoms with Gasteiger partial charge in [-0.15, -0.1) is 5.11 Å². The maximum Gasteiger partial charge on any atom is 0.296 e. The summed E-state index contributed by atoms with van der Waals surface area (Å²) in [4.78, 5) is 22.1. The number of carbonyl (C=O) groups is 1. The summed E-state index contributed by atoms with van der Waals surface area (Å²) in [5.74, 6) is -0.924. The highest BCUT2D eigenvalue weighted by molar-refractivity contribution is 7.86. The molecule has 0 saturated heterocycles. The number of nitro groups is 1. The van der Waals surface area contributed by atoms with Crippen molar-refractivity contribution >= 4 is 60.9 Å². The Kier molecular flexibility index (Phi) is 7.96. The van der Waals surface area contributed by atoms with E-state index in [-0.39, 0.29) is 28.1 Å². The minimum atomic E-state index is -4.84. The van der Waals surface area contributed by atoms with Crippen LogP contribution in [0.5, 0.6) is 5.75 Å². The number of fused-ring (bicyclic) bond motifs is 1. The van der Waals surface area contributed by atoms with Crippen molar-refractivity contribution in [3.8, 4) is 5.75 Å². The van der Waals surface area contributed by atoms with E-state index in [1.165, 1.54) is 54.6 Å². The van der Waals surface area contributed by atoms with Crippen molar-refractivity contribution in [3.05, 3.63) is 119 Å². The van der Waals surface area contributed by atoms with E-state index in [9.17, 15) is 33.0 Å². The molecule has 214 valence electrons. The summed E-state index contributed by atoms with van der Waals surface area (Å²) in [5.41, 5.74) is 1.32. The molecule has 0 heterocycles. The fourth-order valence-electron chi connectivity index (χ4n) is 3.97. The van der Waals surface area contributed by atoms with Gasteiger partial charge in [-0.1, -0.05) is 18.2 Å². The van der Waals surface area contributed by atoms with Gasteiger partial charge in [0, 0.05) is 28.8 Å². The summed E-state index contributed by atoms with van der Waals surface area (Å²) in [5, 5.41) is 40.8. The fraction of sp³-hybridized carbons (Fsp3) is 0. The van der Waals surface area contributed by atoms with Gasteiger partial charge in [-0.05, 0) is 78.2 Å². The van der Waals surface area contributed by atoms with Gasteiger partial charge in [-0.3, -0.25) is 19.5 Å². The minimum Gasteiger partial charge on any atom is -0.505 e. The van der Waals surface area contributed by atoms with E-state index >= 15 is 0 Å². The number of benzene rings is 5. The van der Waals surface area contributed by atoms with Crippen LogP contribution in [0.15, 0.2) is 128 Å². The van der Waals surface area contributed by atoms with Crippen molar-refractivity contribution in [2.75, 3.05) is 5.32 Å². The van der Waals surface area contributed by atoms with Gasteiger partial charge in [0.2, 0.25) is 0 Å². The van der Waals surface area contributed by atoms with E-state index in [0.717, 1.165) is 6.07 Å². The molecule has 0 aromatic heterocycles. The number of azo groups is 2. The third-order valence-corrected chi connectivity index (χ3v) is 6.95. The molecule has 5 aromatic rings. The molecule has 0 unspecified atom stereocenters. The molecule has 14 heteroatoms. The zero-order valence-corrected chi connectivity index (χ0v) is 22.7. The average Bonchev–Trinajstić information content (AvgIpc) is 3.00. The lowest BCUT2D eigenvalue weighted by molar-refractivity contribution is -0.384. The number of aromatic hydroxyl groups is 1. The largest absolute Gasteiger partial charge is 0.505 e. The zero-order chi connectivity index (χ0) is 30.6. The predicted molar refractivity (Wildman–Crippen MR) is 158 cm³/mol. The number of phenols is 1. The number of non-ortho nitro benzene ring substituents is 1. The van der Waals surface area contributed by atoms with Crippen molar-refractivity contribution < 1.29 is 27.8 Å². The van der Waals surface area contributed by atoms with Crippen LogP contribution >= 0.6 is 0 Å². The summed E-state index contributed by atoms with van der Waals surface area (Å²) in [6.45, 7) is 0. The molecular weight excluding hydrogens is 576 g/mol. The van der Waals surface area contributed by atoms with Crippen LogP contribution in [0.3, 0.4) is 0 Å². The number of anilines is 1. The van der Waals surface area contributed by atoms with Gasteiger partial charge >= 0.3 is 0 Å². The molecule has 1 amide bonds. The first kappa shape index (κ1) is 28.7. The number of phenolic OH excluding ortho intramolecular Hbond substituents is 1. The Labute approximate surface area is 243 Å². The van der Waals surface area contributed by atoms with Crippen LogP contribution in [0.25, 0.3) is 10.8 Å². The van der Waals surface area contributed by atoms with Gasteiger partial charge in [0.1, 0.15) is 10.6 Å². The predicted octanol–water partition coefficient (Wildman–Crippen LogP) is 7.78. The Morgan fingerprint density at radius 3 is 1.88 bits per heavy atom. The number of rotatable bonds is 8. The number of carbonyl (C=O) groups excluding carboxylic acids is 1. The number of hydrogen-bond acceptors (Lipinski definition) is 10. The van der Waals surface area contributed by atoms with E-state index < -0.39 is 31.4 Å². The van der Waals surface area contributed by atoms with Crippen LogP contribution in [0.4, 0.5) is 34.1 Å². The van der Waals surface area contributed by atoms with Crippen LogP contribution < -0.4 is 5.32 Å². The molecule has 0 aliphatic carbocycles. The summed E-state index contributed by atoms with van der Waals surface area (Å²) >= 11 is 0. The quantitative estimate of drug-likeness (QED) is 0.0703. The molecule has 0 bridgehead atoms. The molecule has 5 rings (SSSR count). The number of nitrogens with one attached hydrogen (secondary N) is 1. The van der Waals surface area contributed by atoms with E-state index in [4.69, 9.17) is 0 Å². The molecule has 0 saturated carbocycles. The fourth-order valence-corrected chi connectivity index (χ4v) is 4.62. The lowest BCUT2D eigenvalue weighted by Gasteiger charge is -2.11. The highest BCUT2D eigenvalue weighted by Gasteiger charge is 2.22. The van der Waals surface area contributed by atoms with Crippen LogP contribution in [0.2, 0.25) is 0 Å². The number of nitro benzene ring substituents is 1. The Hall–Kier alpha value is -5.86. The van der Waals surface area contributed by atoms with Gasteiger partial charge < -0.3 is 10.4 Å². The van der Waals surface area contributed by atoms with Crippen LogP contribution in [-0.4, -0.2) is 28.9 Å². The molecule has 0 radical (unpaired) electrons. The van der Waals surface area contributed by atoms with Gasteiger partial charge in [0.25, 0.3) is 21.7 Å². The van der Waals surface area contributed by atoms with E-state index in [0.29, 0.717) is 22.6 Å². The highest BCUT2D eigenvalue weighted by Crippen LogP contribution is 2.42. The van der Waals surface area contributed by atoms with Crippen molar-refractivity contribution in [1.82, 2.24) is 0 Å². The van der Waals surface area contributed by atoms with Crippen molar-refractivity contribution in [2.24, 2.45) is 20.5 Å². The number of amides is 1. The summed E-state index contributed by atoms with van der Waals surface area (Å²) in [6, 6.07) is 25.7. The monoisotopic (exact) mass is 596 g/mol. The number of hydrogen-bond donors (Lipinski definition) is 3. The van der Waals surface area contributed by atoms with Crippen LogP contribution in [0, 0.1) is 10.1 Å². The van der Waals surface area contributed by atoms with Crippen molar-refractivity contribution in [2.45, 2.75) is 4.90 Å². The van der Waals surface area contributed by atoms with Crippen molar-refractivity contribution in [3.63, 3.8) is 0 Å². The Bertz CT molecular complexity index is 2010. The third-order valence-electron chi connectivity index (χ3n) is 6.08. The lowest BCUT2D eigenvalue weighted by atomic mass is 10.1. The summed E-state index contributed by atoms with van der Waals surface area (Å²) < 4.78 is 34.3. The normalized spacial score (nSPS) is 11.7. The van der Waals surface area contributed by atoms with Crippen LogP contribution in [-0.2, 0) is 10.1 Å². The smallest absolute Gasteiger partial charge is 0.296 e. The van der Waals surface area contributed by atoms with E-state index in [1.807, 2.05) is 0 Å². The molecule has 0 atom stereocenters. The SMILES string of the molecule is O=C(Nc1ccc2c(O)c(N=Nc3ccc(N=Nc4ccc([N+](=O)[O-])cc4)cc3)c(S(=O)(=O)O)cc2c1)c1ccccc1. The molecule has 13 nitrogen and oxygen atoms in total. The summed E-state index contributed by atoms with van der Waals surface area (Å²) in [7, 11) is -4.84. The molecular formula is C29H20N6O7S. The highest BCUT2D eigenvalue weighted by atomic mass is 32.2. The average molecular weight is 597 g/mol. The molecule has 5 aromatic carbocycles. The Balaban J connectivity index is 1.39. The molecule has 0 spiro atoms. The molecule has 0 aliphatic heterocycles. The second kappa shape index (κ2) is 11.9. The first-order valence-electron chi connectivity index (χ1n) is 12.4. The third kappa shape index (κ3) is 6.73. The van der Waals surface area contributed by atoms with Gasteiger partial charge in [0.05, 0.1) is 22.0 Å². The molecule has 43 heavy (non-hydrogen) atoms. The number of nitrogens with zero attached hydrogens (tertiary/aromatic N) is 5. The first-order valence-corrected chi connectivity index (χ1v) is 13.8. The van der Waals surface area contributed by atoms with Crippen molar-refractivity contribution in [1.29, 1.82) is 0 Å². The topological polar surface area (TPSA) is 196 Å². The van der Waals surface area contributed by atoms with Gasteiger partial charge in [-0.25, -0.2) is 0 Å². The molecule has 0 fully saturated rings. The molecule has 0 aliphatic rings. The second-order valence-electron chi connectivity index (χ2n) is 8.99. The van der Waals surface area contributed by atoms with Gasteiger partial charge in [0.15, 0.2) is 5.75 Å². The lowest BCUT2D eigenvalue weighted by Crippen LogP contribution is -2.11. The Morgan fingerprint density at radius 2 is 1.33 bits per heavy atom.